The topological polar surface area (TPSA) is 26.7 Å². The van der Waals surface area contributed by atoms with Gasteiger partial charge in [0, 0.05) is 32.7 Å². The number of hydrogen-bond acceptors (Lipinski definition) is 3. The molecule has 1 N–H and O–H groups in total. The van der Waals surface area contributed by atoms with Crippen LogP contribution in [0.1, 0.15) is 34.1 Å². The Labute approximate surface area is 100 Å². The smallest absolute Gasteiger partial charge is 0.0715 e. The summed E-state index contributed by atoms with van der Waals surface area (Å²) in [4.78, 5) is 4.90. The molecule has 0 spiro atoms. The lowest BCUT2D eigenvalue weighted by molar-refractivity contribution is 0.0135. The predicted molar refractivity (Wildman–Crippen MR) is 68.6 cm³/mol. The van der Waals surface area contributed by atoms with Crippen LogP contribution in [-0.4, -0.2) is 60.3 Å². The lowest BCUT2D eigenvalue weighted by Gasteiger charge is -2.37. The Kier molecular flexibility index (Phi) is 5.22. The van der Waals surface area contributed by atoms with E-state index in [1.807, 2.05) is 0 Å². The van der Waals surface area contributed by atoms with Gasteiger partial charge in [0.25, 0.3) is 0 Å². The Morgan fingerprint density at radius 1 is 1.06 bits per heavy atom. The van der Waals surface area contributed by atoms with Gasteiger partial charge in [-0.05, 0) is 18.4 Å². The molecule has 1 heterocycles. The van der Waals surface area contributed by atoms with Gasteiger partial charge in [0.05, 0.1) is 6.10 Å². The summed E-state index contributed by atoms with van der Waals surface area (Å²) in [5.41, 5.74) is 0.000548. The molecule has 0 aliphatic carbocycles. The Hall–Kier alpha value is -0.120. The quantitative estimate of drug-likeness (QED) is 0.788. The molecular formula is C13H28N2O. The van der Waals surface area contributed by atoms with Crippen molar-refractivity contribution in [3.05, 3.63) is 0 Å². The van der Waals surface area contributed by atoms with E-state index in [0.717, 1.165) is 32.7 Å². The summed E-state index contributed by atoms with van der Waals surface area (Å²) in [6.07, 6.45) is 1.02. The van der Waals surface area contributed by atoms with Crippen LogP contribution in [0, 0.1) is 5.41 Å². The lowest BCUT2D eigenvalue weighted by Crippen LogP contribution is -2.50. The van der Waals surface area contributed by atoms with Crippen molar-refractivity contribution in [2.24, 2.45) is 5.41 Å². The molecule has 0 aromatic carbocycles. The van der Waals surface area contributed by atoms with E-state index >= 15 is 0 Å². The largest absolute Gasteiger partial charge is 0.391 e. The fourth-order valence-corrected chi connectivity index (χ4v) is 2.03. The molecule has 1 fully saturated rings. The van der Waals surface area contributed by atoms with Crippen LogP contribution in [0.3, 0.4) is 0 Å². The average Bonchev–Trinajstić information content (AvgIpc) is 2.20. The first-order chi connectivity index (χ1) is 7.43. The first kappa shape index (κ1) is 13.9. The van der Waals surface area contributed by atoms with Crippen LogP contribution >= 0.6 is 0 Å². The molecule has 0 saturated carbocycles. The summed E-state index contributed by atoms with van der Waals surface area (Å²) < 4.78 is 0. The van der Waals surface area contributed by atoms with Crippen LogP contribution in [0.15, 0.2) is 0 Å². The zero-order valence-corrected chi connectivity index (χ0v) is 11.4. The number of nitrogens with zero attached hydrogens (tertiary/aromatic N) is 2. The summed E-state index contributed by atoms with van der Waals surface area (Å²) in [6.45, 7) is 15.1. The zero-order valence-electron chi connectivity index (χ0n) is 11.4. The molecule has 1 atom stereocenters. The second kappa shape index (κ2) is 5.99. The van der Waals surface area contributed by atoms with Crippen molar-refractivity contribution in [1.29, 1.82) is 0 Å². The monoisotopic (exact) mass is 228 g/mol. The first-order valence-electron chi connectivity index (χ1n) is 6.56. The first-order valence-corrected chi connectivity index (χ1v) is 6.56. The molecule has 0 amide bonds. The minimum atomic E-state index is -0.217. The van der Waals surface area contributed by atoms with Gasteiger partial charge in [0.15, 0.2) is 0 Å². The van der Waals surface area contributed by atoms with E-state index in [1.165, 1.54) is 13.0 Å². The van der Waals surface area contributed by atoms with Crippen molar-refractivity contribution in [3.63, 3.8) is 0 Å². The standard InChI is InChI=1S/C13H28N2O/c1-5-6-14-7-9-15(10-8-14)11-12(16)13(2,3)4/h12,16H,5-11H2,1-4H3. The van der Waals surface area contributed by atoms with Gasteiger partial charge in [-0.3, -0.25) is 4.90 Å². The maximum absolute atomic E-state index is 10.1. The van der Waals surface area contributed by atoms with Crippen LogP contribution in [0.4, 0.5) is 0 Å². The van der Waals surface area contributed by atoms with Gasteiger partial charge in [-0.25, -0.2) is 0 Å². The normalized spacial score (nSPS) is 22.3. The lowest BCUT2D eigenvalue weighted by atomic mass is 9.89. The molecule has 3 heteroatoms. The molecule has 3 nitrogen and oxygen atoms in total. The number of rotatable bonds is 4. The van der Waals surface area contributed by atoms with Crippen LogP contribution in [0.2, 0.25) is 0 Å². The molecule has 1 rings (SSSR count). The van der Waals surface area contributed by atoms with E-state index in [9.17, 15) is 5.11 Å². The van der Waals surface area contributed by atoms with Gasteiger partial charge in [-0.2, -0.15) is 0 Å². The predicted octanol–water partition coefficient (Wildman–Crippen LogP) is 1.42. The Morgan fingerprint density at radius 2 is 1.56 bits per heavy atom. The van der Waals surface area contributed by atoms with Gasteiger partial charge < -0.3 is 10.0 Å². The Bertz CT molecular complexity index is 193. The number of aliphatic hydroxyl groups excluding tert-OH is 1. The van der Waals surface area contributed by atoms with Crippen molar-refractivity contribution < 1.29 is 5.11 Å². The van der Waals surface area contributed by atoms with Crippen LogP contribution in [0.25, 0.3) is 0 Å². The van der Waals surface area contributed by atoms with Crippen molar-refractivity contribution in [2.75, 3.05) is 39.3 Å². The highest BCUT2D eigenvalue weighted by molar-refractivity contribution is 4.79. The summed E-state index contributed by atoms with van der Waals surface area (Å²) >= 11 is 0. The molecule has 16 heavy (non-hydrogen) atoms. The molecule has 0 bridgehead atoms. The van der Waals surface area contributed by atoms with E-state index in [0.29, 0.717) is 0 Å². The SMILES string of the molecule is CCCN1CCN(CC(O)C(C)(C)C)CC1. The molecule has 0 radical (unpaired) electrons. The van der Waals surface area contributed by atoms with Gasteiger partial charge >= 0.3 is 0 Å². The fraction of sp³-hybridized carbons (Fsp3) is 1.00. The highest BCUT2D eigenvalue weighted by atomic mass is 16.3. The Morgan fingerprint density at radius 3 is 2.00 bits per heavy atom. The summed E-state index contributed by atoms with van der Waals surface area (Å²) in [5, 5.41) is 10.1. The van der Waals surface area contributed by atoms with Crippen LogP contribution < -0.4 is 0 Å². The fourth-order valence-electron chi connectivity index (χ4n) is 2.03. The molecule has 96 valence electrons. The van der Waals surface area contributed by atoms with Gasteiger partial charge in [0.2, 0.25) is 0 Å². The number of hydrogen-bond donors (Lipinski definition) is 1. The molecule has 1 aliphatic heterocycles. The Balaban J connectivity index is 2.27. The van der Waals surface area contributed by atoms with E-state index in [1.54, 1.807) is 0 Å². The number of piperazine rings is 1. The maximum atomic E-state index is 10.1. The highest BCUT2D eigenvalue weighted by Crippen LogP contribution is 2.20. The highest BCUT2D eigenvalue weighted by Gasteiger charge is 2.26. The molecule has 0 aromatic rings. The minimum absolute atomic E-state index is 0.000548. The molecule has 1 saturated heterocycles. The molecule has 1 aliphatic rings. The molecule has 0 aromatic heterocycles. The third-order valence-corrected chi connectivity index (χ3v) is 3.44. The van der Waals surface area contributed by atoms with Crippen molar-refractivity contribution >= 4 is 0 Å². The third kappa shape index (κ3) is 4.40. The van der Waals surface area contributed by atoms with E-state index in [4.69, 9.17) is 0 Å². The van der Waals surface area contributed by atoms with Gasteiger partial charge in [0.1, 0.15) is 0 Å². The van der Waals surface area contributed by atoms with Crippen molar-refractivity contribution in [3.8, 4) is 0 Å². The second-order valence-electron chi connectivity index (χ2n) is 6.02. The maximum Gasteiger partial charge on any atom is 0.0715 e. The van der Waals surface area contributed by atoms with E-state index in [2.05, 4.69) is 37.5 Å². The van der Waals surface area contributed by atoms with Gasteiger partial charge in [-0.15, -0.1) is 0 Å². The minimum Gasteiger partial charge on any atom is -0.391 e. The summed E-state index contributed by atoms with van der Waals surface area (Å²) in [6, 6.07) is 0. The van der Waals surface area contributed by atoms with Crippen molar-refractivity contribution in [1.82, 2.24) is 9.80 Å². The van der Waals surface area contributed by atoms with Crippen LogP contribution in [0.5, 0.6) is 0 Å². The molecule has 1 unspecified atom stereocenters. The van der Waals surface area contributed by atoms with E-state index < -0.39 is 0 Å². The van der Waals surface area contributed by atoms with Gasteiger partial charge in [-0.1, -0.05) is 27.7 Å². The number of β-amino-alcohol motifs (C(OH)–C–C–N with tert-alkyl or cyclic N) is 1. The summed E-state index contributed by atoms with van der Waals surface area (Å²) in [7, 11) is 0. The second-order valence-corrected chi connectivity index (χ2v) is 6.02. The third-order valence-electron chi connectivity index (χ3n) is 3.44. The van der Waals surface area contributed by atoms with Crippen LogP contribution in [-0.2, 0) is 0 Å². The average molecular weight is 228 g/mol. The zero-order chi connectivity index (χ0) is 12.2. The van der Waals surface area contributed by atoms with E-state index in [-0.39, 0.29) is 11.5 Å². The number of aliphatic hydroxyl groups is 1. The summed E-state index contributed by atoms with van der Waals surface area (Å²) in [5.74, 6) is 0. The van der Waals surface area contributed by atoms with Crippen molar-refractivity contribution in [2.45, 2.75) is 40.2 Å². The molecular weight excluding hydrogens is 200 g/mol.